The monoisotopic (exact) mass is 275 g/mol. The third kappa shape index (κ3) is 4.19. The van der Waals surface area contributed by atoms with E-state index in [1.54, 1.807) is 4.31 Å². The van der Waals surface area contributed by atoms with Crippen LogP contribution in [0.15, 0.2) is 0 Å². The Morgan fingerprint density at radius 3 is 2.11 bits per heavy atom. The molecule has 2 aliphatic rings. The lowest BCUT2D eigenvalue weighted by Crippen LogP contribution is -2.46. The van der Waals surface area contributed by atoms with Crippen molar-refractivity contribution in [1.82, 2.24) is 14.5 Å². The molecule has 2 saturated heterocycles. The topological polar surface area (TPSA) is 52.7 Å². The molecule has 0 aromatic heterocycles. The number of nitrogens with zero attached hydrogens (tertiary/aromatic N) is 2. The van der Waals surface area contributed by atoms with E-state index in [2.05, 4.69) is 10.2 Å². The zero-order valence-corrected chi connectivity index (χ0v) is 11.9. The summed E-state index contributed by atoms with van der Waals surface area (Å²) in [5.41, 5.74) is 0. The smallest absolute Gasteiger partial charge is 0.215 e. The average Bonchev–Trinajstić information content (AvgIpc) is 2.67. The van der Waals surface area contributed by atoms with Crippen LogP contribution in [0.2, 0.25) is 0 Å². The Kier molecular flexibility index (Phi) is 5.41. The van der Waals surface area contributed by atoms with Gasteiger partial charge in [0.1, 0.15) is 0 Å². The largest absolute Gasteiger partial charge is 0.314 e. The number of nitrogens with one attached hydrogen (secondary N) is 1. The van der Waals surface area contributed by atoms with Gasteiger partial charge in [-0.3, -0.25) is 4.90 Å². The first-order valence-electron chi connectivity index (χ1n) is 7.09. The van der Waals surface area contributed by atoms with Crippen LogP contribution in [0.4, 0.5) is 0 Å². The highest BCUT2D eigenvalue weighted by atomic mass is 32.2. The lowest BCUT2D eigenvalue weighted by atomic mass is 10.2. The molecular weight excluding hydrogens is 250 g/mol. The summed E-state index contributed by atoms with van der Waals surface area (Å²) in [6, 6.07) is 0. The number of sulfonamides is 1. The van der Waals surface area contributed by atoms with Gasteiger partial charge in [-0.2, -0.15) is 0 Å². The quantitative estimate of drug-likeness (QED) is 0.790. The van der Waals surface area contributed by atoms with Gasteiger partial charge in [-0.15, -0.1) is 0 Å². The van der Waals surface area contributed by atoms with E-state index < -0.39 is 10.0 Å². The Labute approximate surface area is 111 Å². The molecule has 18 heavy (non-hydrogen) atoms. The summed E-state index contributed by atoms with van der Waals surface area (Å²) in [4.78, 5) is 2.24. The minimum atomic E-state index is -3.03. The van der Waals surface area contributed by atoms with Crippen LogP contribution in [0.25, 0.3) is 0 Å². The molecule has 2 fully saturated rings. The van der Waals surface area contributed by atoms with Crippen molar-refractivity contribution in [1.29, 1.82) is 0 Å². The molecule has 0 saturated carbocycles. The van der Waals surface area contributed by atoms with Crippen molar-refractivity contribution in [2.75, 3.05) is 51.6 Å². The second-order valence-corrected chi connectivity index (χ2v) is 7.31. The summed E-state index contributed by atoms with van der Waals surface area (Å²) < 4.78 is 26.2. The van der Waals surface area contributed by atoms with Gasteiger partial charge < -0.3 is 5.32 Å². The van der Waals surface area contributed by atoms with Crippen LogP contribution >= 0.6 is 0 Å². The van der Waals surface area contributed by atoms with Gasteiger partial charge in [0.2, 0.25) is 10.0 Å². The Morgan fingerprint density at radius 2 is 1.50 bits per heavy atom. The fraction of sp³-hybridized carbons (Fsp3) is 1.00. The molecule has 6 heteroatoms. The van der Waals surface area contributed by atoms with E-state index in [4.69, 9.17) is 0 Å². The molecule has 106 valence electrons. The molecular formula is C12H25N3O2S. The van der Waals surface area contributed by atoms with Crippen molar-refractivity contribution in [3.8, 4) is 0 Å². The minimum Gasteiger partial charge on any atom is -0.314 e. The molecule has 0 aliphatic carbocycles. The summed E-state index contributed by atoms with van der Waals surface area (Å²) in [6.07, 6.45) is 4.38. The van der Waals surface area contributed by atoms with Crippen LogP contribution in [-0.4, -0.2) is 69.2 Å². The van der Waals surface area contributed by atoms with E-state index in [0.29, 0.717) is 6.54 Å². The number of rotatable bonds is 4. The summed E-state index contributed by atoms with van der Waals surface area (Å²) in [6.45, 7) is 6.02. The van der Waals surface area contributed by atoms with E-state index in [0.717, 1.165) is 52.1 Å². The van der Waals surface area contributed by atoms with E-state index in [9.17, 15) is 8.42 Å². The number of hydrogen-bond acceptors (Lipinski definition) is 4. The maximum absolute atomic E-state index is 12.3. The van der Waals surface area contributed by atoms with Crippen molar-refractivity contribution in [2.24, 2.45) is 0 Å². The van der Waals surface area contributed by atoms with E-state index >= 15 is 0 Å². The third-order valence-corrected chi connectivity index (χ3v) is 5.68. The van der Waals surface area contributed by atoms with Crippen LogP contribution in [0, 0.1) is 0 Å². The minimum absolute atomic E-state index is 0.285. The Hall–Kier alpha value is -0.170. The first-order chi connectivity index (χ1) is 8.68. The van der Waals surface area contributed by atoms with Crippen molar-refractivity contribution in [3.05, 3.63) is 0 Å². The van der Waals surface area contributed by atoms with Crippen molar-refractivity contribution < 1.29 is 8.42 Å². The highest BCUT2D eigenvalue weighted by Crippen LogP contribution is 2.13. The van der Waals surface area contributed by atoms with Gasteiger partial charge in [0.05, 0.1) is 5.75 Å². The fourth-order valence-electron chi connectivity index (χ4n) is 2.63. The molecule has 0 atom stereocenters. The van der Waals surface area contributed by atoms with Gasteiger partial charge in [-0.25, -0.2) is 12.7 Å². The van der Waals surface area contributed by atoms with E-state index in [1.165, 1.54) is 12.8 Å². The van der Waals surface area contributed by atoms with Crippen LogP contribution in [0.1, 0.15) is 25.7 Å². The van der Waals surface area contributed by atoms with Crippen molar-refractivity contribution in [3.63, 3.8) is 0 Å². The Bertz CT molecular complexity index is 331. The zero-order valence-electron chi connectivity index (χ0n) is 11.1. The molecule has 2 heterocycles. The first kappa shape index (κ1) is 14.2. The molecule has 2 rings (SSSR count). The van der Waals surface area contributed by atoms with Crippen molar-refractivity contribution in [2.45, 2.75) is 25.7 Å². The standard InChI is InChI=1S/C12H25N3O2S/c16-18(17,15-7-3-1-2-4-8-15)12-11-14-9-5-13-6-10-14/h13H,1-12H2. The SMILES string of the molecule is O=S(=O)(CCN1CCNCC1)N1CCCCCC1. The second kappa shape index (κ2) is 6.84. The van der Waals surface area contributed by atoms with Gasteiger partial charge in [-0.05, 0) is 12.8 Å². The third-order valence-electron chi connectivity index (χ3n) is 3.83. The molecule has 5 nitrogen and oxygen atoms in total. The van der Waals surface area contributed by atoms with Crippen LogP contribution < -0.4 is 5.32 Å². The van der Waals surface area contributed by atoms with Crippen LogP contribution in [-0.2, 0) is 10.0 Å². The number of piperazine rings is 1. The molecule has 0 unspecified atom stereocenters. The molecule has 1 N–H and O–H groups in total. The van der Waals surface area contributed by atoms with Crippen LogP contribution in [0.5, 0.6) is 0 Å². The maximum atomic E-state index is 12.3. The fourth-order valence-corrected chi connectivity index (χ4v) is 4.19. The molecule has 0 radical (unpaired) electrons. The zero-order chi connectivity index (χ0) is 12.8. The highest BCUT2D eigenvalue weighted by molar-refractivity contribution is 7.89. The van der Waals surface area contributed by atoms with Gasteiger partial charge in [-0.1, -0.05) is 12.8 Å². The molecule has 0 aromatic rings. The second-order valence-electron chi connectivity index (χ2n) is 5.22. The van der Waals surface area contributed by atoms with Crippen molar-refractivity contribution >= 4 is 10.0 Å². The first-order valence-corrected chi connectivity index (χ1v) is 8.70. The van der Waals surface area contributed by atoms with Gasteiger partial charge in [0.25, 0.3) is 0 Å². The molecule has 0 amide bonds. The van der Waals surface area contributed by atoms with E-state index in [-0.39, 0.29) is 5.75 Å². The van der Waals surface area contributed by atoms with Gasteiger partial charge >= 0.3 is 0 Å². The highest BCUT2D eigenvalue weighted by Gasteiger charge is 2.23. The van der Waals surface area contributed by atoms with Gasteiger partial charge in [0.15, 0.2) is 0 Å². The Morgan fingerprint density at radius 1 is 0.889 bits per heavy atom. The average molecular weight is 275 g/mol. The molecule has 0 spiro atoms. The van der Waals surface area contributed by atoms with Crippen LogP contribution in [0.3, 0.4) is 0 Å². The maximum Gasteiger partial charge on any atom is 0.215 e. The summed E-state index contributed by atoms with van der Waals surface area (Å²) in [5.74, 6) is 0.285. The normalized spacial score (nSPS) is 24.9. The predicted octanol–water partition coefficient (Wildman–Crippen LogP) is 0.0974. The molecule has 0 bridgehead atoms. The molecule has 2 aliphatic heterocycles. The van der Waals surface area contributed by atoms with E-state index in [1.807, 2.05) is 0 Å². The Balaban J connectivity index is 1.81. The predicted molar refractivity (Wildman–Crippen MR) is 73.1 cm³/mol. The number of hydrogen-bond donors (Lipinski definition) is 1. The lowest BCUT2D eigenvalue weighted by Gasteiger charge is -2.28. The van der Waals surface area contributed by atoms with Gasteiger partial charge in [0, 0.05) is 45.8 Å². The lowest BCUT2D eigenvalue weighted by molar-refractivity contribution is 0.252. The summed E-state index contributed by atoms with van der Waals surface area (Å²) >= 11 is 0. The summed E-state index contributed by atoms with van der Waals surface area (Å²) in [5, 5.41) is 3.28. The summed E-state index contributed by atoms with van der Waals surface area (Å²) in [7, 11) is -3.03. The molecule has 0 aromatic carbocycles.